The number of piperidine rings is 1. The molecule has 1 fully saturated rings. The van der Waals surface area contributed by atoms with Gasteiger partial charge in [-0.2, -0.15) is 0 Å². The lowest BCUT2D eigenvalue weighted by atomic mass is 9.97. The Morgan fingerprint density at radius 3 is 3.00 bits per heavy atom. The molecule has 0 bridgehead atoms. The van der Waals surface area contributed by atoms with Gasteiger partial charge in [-0.1, -0.05) is 0 Å². The van der Waals surface area contributed by atoms with E-state index in [0.717, 1.165) is 12.8 Å². The first-order valence-corrected chi connectivity index (χ1v) is 9.66. The van der Waals surface area contributed by atoms with E-state index in [2.05, 4.69) is 10.3 Å². The summed E-state index contributed by atoms with van der Waals surface area (Å²) >= 11 is 1.42. The van der Waals surface area contributed by atoms with Crippen LogP contribution in [0.3, 0.4) is 0 Å². The smallest absolute Gasteiger partial charge is 0.262 e. The van der Waals surface area contributed by atoms with Crippen LogP contribution in [0.5, 0.6) is 0 Å². The molecule has 2 aromatic rings. The number of amides is 2. The average Bonchev–Trinajstić information content (AvgIpc) is 3.15. The number of aryl methyl sites for hydroxylation is 1. The molecule has 0 radical (unpaired) electrons. The fourth-order valence-corrected chi connectivity index (χ4v) is 3.91. The molecule has 1 aliphatic rings. The highest BCUT2D eigenvalue weighted by atomic mass is 35.5. The highest BCUT2D eigenvalue weighted by Gasteiger charge is 2.28. The van der Waals surface area contributed by atoms with E-state index >= 15 is 0 Å². The van der Waals surface area contributed by atoms with Gasteiger partial charge in [0.2, 0.25) is 11.8 Å². The molecule has 3 heterocycles. The molecule has 3 N–H and O–H groups in total. The minimum atomic E-state index is -0.189. The number of likely N-dealkylation sites (tertiary alicyclic amines) is 1. The first-order chi connectivity index (χ1) is 12.6. The zero-order chi connectivity index (χ0) is 18.5. The van der Waals surface area contributed by atoms with E-state index in [1.165, 1.54) is 22.2 Å². The number of thiophene rings is 1. The van der Waals surface area contributed by atoms with E-state index in [1.807, 2.05) is 5.38 Å². The Bertz CT molecular complexity index is 852. The van der Waals surface area contributed by atoms with Crippen LogP contribution in [-0.2, 0) is 16.1 Å². The van der Waals surface area contributed by atoms with Gasteiger partial charge in [-0.15, -0.1) is 23.7 Å². The number of rotatable bonds is 6. The van der Waals surface area contributed by atoms with Crippen molar-refractivity contribution in [1.29, 1.82) is 0 Å². The highest BCUT2D eigenvalue weighted by molar-refractivity contribution is 7.16. The predicted octanol–water partition coefficient (Wildman–Crippen LogP) is 0.583. The maximum atomic E-state index is 12.5. The lowest BCUT2D eigenvalue weighted by Crippen LogP contribution is -2.46. The molecule has 10 heteroatoms. The maximum absolute atomic E-state index is 12.5. The first-order valence-electron chi connectivity index (χ1n) is 8.78. The molecular formula is C17H24ClN5O3S. The summed E-state index contributed by atoms with van der Waals surface area (Å²) in [5.41, 5.74) is 5.28. The quantitative estimate of drug-likeness (QED) is 0.719. The minimum absolute atomic E-state index is 0. The number of hydrogen-bond acceptors (Lipinski definition) is 6. The number of hydrogen-bond donors (Lipinski definition) is 2. The minimum Gasteiger partial charge on any atom is -0.355 e. The molecule has 0 spiro atoms. The normalized spacial score (nSPS) is 16.8. The van der Waals surface area contributed by atoms with Crippen LogP contribution in [0.2, 0.25) is 0 Å². The fourth-order valence-electron chi connectivity index (χ4n) is 3.18. The Hall–Kier alpha value is -1.97. The molecule has 8 nitrogen and oxygen atoms in total. The van der Waals surface area contributed by atoms with Gasteiger partial charge in [-0.3, -0.25) is 19.0 Å². The van der Waals surface area contributed by atoms with Crippen molar-refractivity contribution >= 4 is 45.8 Å². The van der Waals surface area contributed by atoms with Gasteiger partial charge in [0.1, 0.15) is 4.83 Å². The van der Waals surface area contributed by atoms with E-state index < -0.39 is 0 Å². The zero-order valence-corrected chi connectivity index (χ0v) is 16.6. The molecule has 2 amide bonds. The summed E-state index contributed by atoms with van der Waals surface area (Å²) in [6.07, 6.45) is 3.29. The summed E-state index contributed by atoms with van der Waals surface area (Å²) in [7, 11) is 0. The Morgan fingerprint density at radius 1 is 1.41 bits per heavy atom. The molecule has 1 saturated heterocycles. The molecule has 2 aromatic heterocycles. The van der Waals surface area contributed by atoms with Gasteiger partial charge in [0.05, 0.1) is 17.6 Å². The summed E-state index contributed by atoms with van der Waals surface area (Å²) in [5, 5.41) is 5.20. The molecular weight excluding hydrogens is 390 g/mol. The lowest BCUT2D eigenvalue weighted by Gasteiger charge is -2.32. The second-order valence-corrected chi connectivity index (χ2v) is 7.29. The van der Waals surface area contributed by atoms with Crippen LogP contribution >= 0.6 is 23.7 Å². The van der Waals surface area contributed by atoms with Crippen molar-refractivity contribution in [2.45, 2.75) is 25.8 Å². The standard InChI is InChI=1S/C17H23N5O3S.ClH/c18-5-6-19-15(24)12-2-1-7-21(10-12)14(23)3-8-22-11-20-16-13(17(22)25)4-9-26-16;/h4,9,11-12H,1-3,5-8,10,18H2,(H,19,24);1H. The van der Waals surface area contributed by atoms with Crippen LogP contribution in [0.15, 0.2) is 22.6 Å². The molecule has 0 aliphatic carbocycles. The first kappa shape index (κ1) is 21.3. The Kier molecular flexibility index (Phi) is 7.76. The molecule has 27 heavy (non-hydrogen) atoms. The second kappa shape index (κ2) is 9.82. The van der Waals surface area contributed by atoms with Crippen molar-refractivity contribution < 1.29 is 9.59 Å². The molecule has 1 aliphatic heterocycles. The number of fused-ring (bicyclic) bond motifs is 1. The number of carbonyl (C=O) groups is 2. The van der Waals surface area contributed by atoms with Gasteiger partial charge in [0.15, 0.2) is 0 Å². The van der Waals surface area contributed by atoms with Crippen molar-refractivity contribution in [2.75, 3.05) is 26.2 Å². The van der Waals surface area contributed by atoms with Crippen LogP contribution in [0.1, 0.15) is 19.3 Å². The molecule has 0 saturated carbocycles. The number of halogens is 1. The number of carbonyl (C=O) groups excluding carboxylic acids is 2. The summed E-state index contributed by atoms with van der Waals surface area (Å²) in [6.45, 7) is 2.21. The van der Waals surface area contributed by atoms with E-state index in [1.54, 1.807) is 11.0 Å². The zero-order valence-electron chi connectivity index (χ0n) is 14.9. The second-order valence-electron chi connectivity index (χ2n) is 6.39. The van der Waals surface area contributed by atoms with Crippen LogP contribution in [-0.4, -0.2) is 52.4 Å². The number of nitrogens with one attached hydrogen (secondary N) is 1. The molecule has 0 aromatic carbocycles. The number of aromatic nitrogens is 2. The van der Waals surface area contributed by atoms with Gasteiger partial charge in [-0.05, 0) is 24.3 Å². The average molecular weight is 414 g/mol. The molecule has 148 valence electrons. The van der Waals surface area contributed by atoms with E-state index in [4.69, 9.17) is 5.73 Å². The third-order valence-electron chi connectivity index (χ3n) is 4.61. The third-order valence-corrected chi connectivity index (χ3v) is 5.43. The molecule has 1 unspecified atom stereocenters. The largest absolute Gasteiger partial charge is 0.355 e. The Labute approximate surface area is 167 Å². The van der Waals surface area contributed by atoms with E-state index in [0.29, 0.717) is 36.4 Å². The Morgan fingerprint density at radius 2 is 2.22 bits per heavy atom. The van der Waals surface area contributed by atoms with Gasteiger partial charge >= 0.3 is 0 Å². The van der Waals surface area contributed by atoms with Gasteiger partial charge in [0, 0.05) is 39.1 Å². The number of nitrogens with zero attached hydrogens (tertiary/aromatic N) is 3. The van der Waals surface area contributed by atoms with Gasteiger partial charge < -0.3 is 16.0 Å². The lowest BCUT2D eigenvalue weighted by molar-refractivity contribution is -0.135. The SMILES string of the molecule is Cl.NCCNC(=O)C1CCCN(C(=O)CCn2cnc3sccc3c2=O)C1. The third kappa shape index (κ3) is 5.06. The summed E-state index contributed by atoms with van der Waals surface area (Å²) in [4.78, 5) is 43.6. The van der Waals surface area contributed by atoms with Crippen LogP contribution in [0.4, 0.5) is 0 Å². The van der Waals surface area contributed by atoms with Crippen LogP contribution < -0.4 is 16.6 Å². The molecule has 3 rings (SSSR count). The van der Waals surface area contributed by atoms with Crippen molar-refractivity contribution in [3.8, 4) is 0 Å². The molecule has 1 atom stereocenters. The van der Waals surface area contributed by atoms with E-state index in [-0.39, 0.29) is 48.7 Å². The van der Waals surface area contributed by atoms with Gasteiger partial charge in [0.25, 0.3) is 5.56 Å². The van der Waals surface area contributed by atoms with Gasteiger partial charge in [-0.25, -0.2) is 4.98 Å². The van der Waals surface area contributed by atoms with Crippen molar-refractivity contribution in [1.82, 2.24) is 19.8 Å². The van der Waals surface area contributed by atoms with Crippen molar-refractivity contribution in [2.24, 2.45) is 11.7 Å². The summed E-state index contributed by atoms with van der Waals surface area (Å²) in [5.74, 6) is -0.277. The monoisotopic (exact) mass is 413 g/mol. The highest BCUT2D eigenvalue weighted by Crippen LogP contribution is 2.18. The summed E-state index contributed by atoms with van der Waals surface area (Å²) < 4.78 is 1.47. The van der Waals surface area contributed by atoms with Crippen LogP contribution in [0.25, 0.3) is 10.2 Å². The van der Waals surface area contributed by atoms with Crippen molar-refractivity contribution in [3.05, 3.63) is 28.1 Å². The van der Waals surface area contributed by atoms with Crippen LogP contribution in [0, 0.1) is 5.92 Å². The van der Waals surface area contributed by atoms with Crippen molar-refractivity contribution in [3.63, 3.8) is 0 Å². The fraction of sp³-hybridized carbons (Fsp3) is 0.529. The topological polar surface area (TPSA) is 110 Å². The summed E-state index contributed by atoms with van der Waals surface area (Å²) in [6, 6.07) is 1.75. The maximum Gasteiger partial charge on any atom is 0.262 e. The van der Waals surface area contributed by atoms with E-state index in [9.17, 15) is 14.4 Å². The predicted molar refractivity (Wildman–Crippen MR) is 107 cm³/mol. The number of nitrogens with two attached hydrogens (primary N) is 1. The Balaban J connectivity index is 0.00000261.